The van der Waals surface area contributed by atoms with Gasteiger partial charge in [0.05, 0.1) is 0 Å². The van der Waals surface area contributed by atoms with Crippen LogP contribution in [-0.4, -0.2) is 19.9 Å². The zero-order valence-corrected chi connectivity index (χ0v) is 9.95. The molecule has 0 unspecified atom stereocenters. The van der Waals surface area contributed by atoms with Crippen LogP contribution in [0, 0.1) is 5.92 Å². The van der Waals surface area contributed by atoms with Crippen LogP contribution < -0.4 is 4.90 Å². The third-order valence-corrected chi connectivity index (χ3v) is 2.71. The normalized spacial score (nSPS) is 12.3. The van der Waals surface area contributed by atoms with Crippen molar-refractivity contribution in [2.24, 2.45) is 5.92 Å². The fraction of sp³-hybridized carbons (Fsp3) is 0.462. The molecule has 0 heterocycles. The SMILES string of the molecule is CC[C@H](C)C(=O)c1cccc(N(C)C)c1. The Morgan fingerprint density at radius 1 is 1.40 bits per heavy atom. The van der Waals surface area contributed by atoms with Gasteiger partial charge in [0.25, 0.3) is 0 Å². The summed E-state index contributed by atoms with van der Waals surface area (Å²) in [6, 6.07) is 7.79. The van der Waals surface area contributed by atoms with E-state index in [1.807, 2.05) is 57.1 Å². The van der Waals surface area contributed by atoms with Gasteiger partial charge in [-0.3, -0.25) is 4.79 Å². The van der Waals surface area contributed by atoms with Crippen molar-refractivity contribution in [3.63, 3.8) is 0 Å². The molecule has 1 rings (SSSR count). The predicted molar refractivity (Wildman–Crippen MR) is 64.6 cm³/mol. The van der Waals surface area contributed by atoms with E-state index >= 15 is 0 Å². The minimum atomic E-state index is 0.113. The average Bonchev–Trinajstić information content (AvgIpc) is 2.27. The third-order valence-electron chi connectivity index (χ3n) is 2.71. The summed E-state index contributed by atoms with van der Waals surface area (Å²) in [6.07, 6.45) is 0.894. The fourth-order valence-electron chi connectivity index (χ4n) is 1.41. The number of rotatable bonds is 4. The van der Waals surface area contributed by atoms with E-state index in [1.54, 1.807) is 0 Å². The Bertz CT molecular complexity index is 344. The number of benzene rings is 1. The Morgan fingerprint density at radius 2 is 2.07 bits per heavy atom. The lowest BCUT2D eigenvalue weighted by molar-refractivity contribution is 0.0927. The molecule has 0 spiro atoms. The summed E-state index contributed by atoms with van der Waals surface area (Å²) in [5.41, 5.74) is 1.89. The number of anilines is 1. The van der Waals surface area contributed by atoms with Crippen LogP contribution in [0.5, 0.6) is 0 Å². The first-order valence-electron chi connectivity index (χ1n) is 5.37. The summed E-state index contributed by atoms with van der Waals surface area (Å²) in [6.45, 7) is 4.02. The summed E-state index contributed by atoms with van der Waals surface area (Å²) in [5.74, 6) is 0.351. The van der Waals surface area contributed by atoms with E-state index in [1.165, 1.54) is 0 Å². The Hall–Kier alpha value is -1.31. The number of carbonyl (C=O) groups excluding carboxylic acids is 1. The highest BCUT2D eigenvalue weighted by Gasteiger charge is 2.13. The molecule has 1 aromatic rings. The Balaban J connectivity index is 2.95. The Labute approximate surface area is 91.9 Å². The van der Waals surface area contributed by atoms with Crippen molar-refractivity contribution in [3.8, 4) is 0 Å². The lowest BCUT2D eigenvalue weighted by Crippen LogP contribution is -2.13. The van der Waals surface area contributed by atoms with E-state index in [9.17, 15) is 4.79 Å². The molecule has 82 valence electrons. The quantitative estimate of drug-likeness (QED) is 0.704. The number of nitrogens with zero attached hydrogens (tertiary/aromatic N) is 1. The number of hydrogen-bond donors (Lipinski definition) is 0. The second kappa shape index (κ2) is 4.96. The molecule has 0 radical (unpaired) electrons. The van der Waals surface area contributed by atoms with Crippen molar-refractivity contribution < 1.29 is 4.79 Å². The van der Waals surface area contributed by atoms with Crippen molar-refractivity contribution in [2.75, 3.05) is 19.0 Å². The van der Waals surface area contributed by atoms with E-state index in [4.69, 9.17) is 0 Å². The van der Waals surface area contributed by atoms with Crippen LogP contribution in [0.1, 0.15) is 30.6 Å². The molecule has 0 aliphatic rings. The van der Waals surface area contributed by atoms with E-state index in [2.05, 4.69) is 0 Å². The van der Waals surface area contributed by atoms with Crippen LogP contribution in [0.3, 0.4) is 0 Å². The van der Waals surface area contributed by atoms with Gasteiger partial charge in [-0.1, -0.05) is 26.0 Å². The molecule has 0 amide bonds. The van der Waals surface area contributed by atoms with Gasteiger partial charge in [-0.25, -0.2) is 0 Å². The summed E-state index contributed by atoms with van der Waals surface area (Å²) in [7, 11) is 3.96. The second-order valence-corrected chi connectivity index (χ2v) is 4.12. The van der Waals surface area contributed by atoms with Gasteiger partial charge in [-0.05, 0) is 18.6 Å². The maximum atomic E-state index is 11.9. The van der Waals surface area contributed by atoms with Crippen molar-refractivity contribution in [1.82, 2.24) is 0 Å². The van der Waals surface area contributed by atoms with E-state index < -0.39 is 0 Å². The van der Waals surface area contributed by atoms with Crippen LogP contribution in [0.2, 0.25) is 0 Å². The molecule has 1 aromatic carbocycles. The zero-order valence-electron chi connectivity index (χ0n) is 9.95. The smallest absolute Gasteiger partial charge is 0.165 e. The molecular weight excluding hydrogens is 186 g/mol. The summed E-state index contributed by atoms with van der Waals surface area (Å²) in [4.78, 5) is 13.9. The standard InChI is InChI=1S/C13H19NO/c1-5-10(2)13(15)11-7-6-8-12(9-11)14(3)4/h6-10H,5H2,1-4H3/t10-/m0/s1. The second-order valence-electron chi connectivity index (χ2n) is 4.12. The monoisotopic (exact) mass is 205 g/mol. The van der Waals surface area contributed by atoms with Gasteiger partial charge in [0.15, 0.2) is 5.78 Å². The van der Waals surface area contributed by atoms with Crippen molar-refractivity contribution in [2.45, 2.75) is 20.3 Å². The van der Waals surface area contributed by atoms with Crippen LogP contribution in [0.4, 0.5) is 5.69 Å². The maximum absolute atomic E-state index is 11.9. The molecule has 2 heteroatoms. The van der Waals surface area contributed by atoms with Gasteiger partial charge < -0.3 is 4.90 Å². The highest BCUT2D eigenvalue weighted by atomic mass is 16.1. The number of ketones is 1. The molecule has 0 N–H and O–H groups in total. The molecule has 0 aromatic heterocycles. The van der Waals surface area contributed by atoms with Gasteiger partial charge in [-0.15, -0.1) is 0 Å². The van der Waals surface area contributed by atoms with Crippen molar-refractivity contribution in [1.29, 1.82) is 0 Å². The van der Waals surface area contributed by atoms with Crippen LogP contribution in [0.25, 0.3) is 0 Å². The molecule has 0 bridgehead atoms. The highest BCUT2D eigenvalue weighted by Crippen LogP contribution is 2.17. The number of carbonyl (C=O) groups is 1. The predicted octanol–water partition coefficient (Wildman–Crippen LogP) is 2.98. The number of Topliss-reactive ketones (excluding diaryl/α,β-unsaturated/α-hetero) is 1. The zero-order chi connectivity index (χ0) is 11.4. The molecular formula is C13H19NO. The Kier molecular flexibility index (Phi) is 3.89. The molecule has 0 saturated carbocycles. The summed E-state index contributed by atoms with van der Waals surface area (Å²) in [5, 5.41) is 0. The molecule has 2 nitrogen and oxygen atoms in total. The van der Waals surface area contributed by atoms with Gasteiger partial charge in [0.1, 0.15) is 0 Å². The summed E-state index contributed by atoms with van der Waals surface area (Å²) >= 11 is 0. The Morgan fingerprint density at radius 3 is 2.60 bits per heavy atom. The first-order valence-corrected chi connectivity index (χ1v) is 5.37. The molecule has 0 aliphatic carbocycles. The van der Waals surface area contributed by atoms with E-state index in [0.29, 0.717) is 0 Å². The molecule has 15 heavy (non-hydrogen) atoms. The molecule has 0 saturated heterocycles. The maximum Gasteiger partial charge on any atom is 0.165 e. The van der Waals surface area contributed by atoms with E-state index in [0.717, 1.165) is 17.7 Å². The lowest BCUT2D eigenvalue weighted by Gasteiger charge is -2.14. The highest BCUT2D eigenvalue weighted by molar-refractivity contribution is 5.98. The van der Waals surface area contributed by atoms with Crippen LogP contribution in [-0.2, 0) is 0 Å². The fourth-order valence-corrected chi connectivity index (χ4v) is 1.41. The first-order chi connectivity index (χ1) is 7.06. The first kappa shape index (κ1) is 11.8. The molecule has 0 fully saturated rings. The average molecular weight is 205 g/mol. The van der Waals surface area contributed by atoms with Crippen molar-refractivity contribution in [3.05, 3.63) is 29.8 Å². The van der Waals surface area contributed by atoms with Crippen LogP contribution >= 0.6 is 0 Å². The lowest BCUT2D eigenvalue weighted by atomic mass is 9.97. The molecule has 1 atom stereocenters. The summed E-state index contributed by atoms with van der Waals surface area (Å²) < 4.78 is 0. The van der Waals surface area contributed by atoms with Gasteiger partial charge in [0, 0.05) is 31.3 Å². The van der Waals surface area contributed by atoms with E-state index in [-0.39, 0.29) is 11.7 Å². The van der Waals surface area contributed by atoms with Gasteiger partial charge >= 0.3 is 0 Å². The molecule has 0 aliphatic heterocycles. The minimum Gasteiger partial charge on any atom is -0.378 e. The van der Waals surface area contributed by atoms with Crippen molar-refractivity contribution >= 4 is 11.5 Å². The van der Waals surface area contributed by atoms with Gasteiger partial charge in [0.2, 0.25) is 0 Å². The van der Waals surface area contributed by atoms with Crippen LogP contribution in [0.15, 0.2) is 24.3 Å². The van der Waals surface area contributed by atoms with Gasteiger partial charge in [-0.2, -0.15) is 0 Å². The topological polar surface area (TPSA) is 20.3 Å². The largest absolute Gasteiger partial charge is 0.378 e. The number of hydrogen-bond acceptors (Lipinski definition) is 2. The third kappa shape index (κ3) is 2.82. The minimum absolute atomic E-state index is 0.113.